The topological polar surface area (TPSA) is 54.4 Å². The Morgan fingerprint density at radius 3 is 2.62 bits per heavy atom. The molecule has 142 valence electrons. The molecule has 1 aliphatic heterocycles. The van der Waals surface area contributed by atoms with E-state index in [1.54, 1.807) is 17.7 Å². The number of ether oxygens (including phenoxy) is 1. The van der Waals surface area contributed by atoms with Crippen LogP contribution >= 0.6 is 11.3 Å². The van der Waals surface area contributed by atoms with Gasteiger partial charge in [0.25, 0.3) is 0 Å². The molecule has 0 unspecified atom stereocenters. The third-order valence-corrected chi connectivity index (χ3v) is 6.91. The normalized spacial score (nSPS) is 24.8. The molecule has 0 N–H and O–H groups in total. The monoisotopic (exact) mass is 375 g/mol. The maximum Gasteiger partial charge on any atom is 0.159 e. The van der Waals surface area contributed by atoms with Crippen LogP contribution in [0.4, 0.5) is 5.82 Å². The highest BCUT2D eigenvalue weighted by molar-refractivity contribution is 7.18. The molecule has 26 heavy (non-hydrogen) atoms. The second-order valence-electron chi connectivity index (χ2n) is 7.21. The number of thiazole rings is 1. The van der Waals surface area contributed by atoms with Crippen LogP contribution in [-0.2, 0) is 11.2 Å². The van der Waals surface area contributed by atoms with Gasteiger partial charge in [0.1, 0.15) is 16.7 Å². The molecule has 2 aliphatic rings. The molecule has 0 atom stereocenters. The average molecular weight is 376 g/mol. The van der Waals surface area contributed by atoms with Crippen LogP contribution in [0.1, 0.15) is 44.5 Å². The molecule has 0 spiro atoms. The van der Waals surface area contributed by atoms with Gasteiger partial charge in [-0.25, -0.2) is 15.0 Å². The first-order valence-electron chi connectivity index (χ1n) is 9.99. The minimum Gasteiger partial charge on any atom is -0.379 e. The quantitative estimate of drug-likeness (QED) is 0.800. The van der Waals surface area contributed by atoms with E-state index in [4.69, 9.17) is 9.72 Å². The van der Waals surface area contributed by atoms with Gasteiger partial charge in [-0.05, 0) is 39.0 Å². The first kappa shape index (κ1) is 18.1. The molecule has 1 saturated carbocycles. The lowest BCUT2D eigenvalue weighted by Gasteiger charge is -2.42. The number of hydrogen-bond acceptors (Lipinski definition) is 7. The van der Waals surface area contributed by atoms with Gasteiger partial charge in [-0.3, -0.25) is 4.90 Å². The molecular weight excluding hydrogens is 346 g/mol. The van der Waals surface area contributed by atoms with Crippen LogP contribution in [0.15, 0.2) is 6.33 Å². The lowest BCUT2D eigenvalue weighted by molar-refractivity contribution is 0.00729. The van der Waals surface area contributed by atoms with E-state index < -0.39 is 0 Å². The fourth-order valence-corrected chi connectivity index (χ4v) is 5.24. The molecule has 0 aromatic carbocycles. The van der Waals surface area contributed by atoms with Gasteiger partial charge in [-0.2, -0.15) is 0 Å². The van der Waals surface area contributed by atoms with E-state index in [-0.39, 0.29) is 0 Å². The van der Waals surface area contributed by atoms with Crippen LogP contribution in [0.5, 0.6) is 0 Å². The molecule has 7 heteroatoms. The number of morpholine rings is 1. The summed E-state index contributed by atoms with van der Waals surface area (Å²) in [5.74, 6) is 1.03. The van der Waals surface area contributed by atoms with Gasteiger partial charge in [-0.15, -0.1) is 0 Å². The number of rotatable bonds is 5. The zero-order valence-corrected chi connectivity index (χ0v) is 16.7. The van der Waals surface area contributed by atoms with E-state index in [2.05, 4.69) is 33.6 Å². The Kier molecular flexibility index (Phi) is 5.66. The molecule has 2 aromatic heterocycles. The van der Waals surface area contributed by atoms with Gasteiger partial charge in [-0.1, -0.05) is 18.3 Å². The minimum absolute atomic E-state index is 0.558. The first-order chi connectivity index (χ1) is 12.8. The van der Waals surface area contributed by atoms with Gasteiger partial charge < -0.3 is 9.64 Å². The molecule has 2 aromatic rings. The van der Waals surface area contributed by atoms with Crippen molar-refractivity contribution in [2.24, 2.45) is 0 Å². The Bertz CT molecular complexity index is 722. The molecule has 2 fully saturated rings. The van der Waals surface area contributed by atoms with Crippen molar-refractivity contribution < 1.29 is 4.74 Å². The average Bonchev–Trinajstić information content (AvgIpc) is 3.14. The molecule has 0 bridgehead atoms. The van der Waals surface area contributed by atoms with E-state index >= 15 is 0 Å². The van der Waals surface area contributed by atoms with E-state index in [1.165, 1.54) is 25.7 Å². The summed E-state index contributed by atoms with van der Waals surface area (Å²) in [5, 5.41) is 1.15. The minimum atomic E-state index is 0.558. The van der Waals surface area contributed by atoms with Crippen LogP contribution in [-0.4, -0.2) is 64.8 Å². The van der Waals surface area contributed by atoms with Gasteiger partial charge in [0, 0.05) is 31.7 Å². The van der Waals surface area contributed by atoms with E-state index in [0.29, 0.717) is 6.04 Å². The molecule has 0 radical (unpaired) electrons. The number of anilines is 1. The molecule has 3 heterocycles. The fourth-order valence-electron chi connectivity index (χ4n) is 4.41. The predicted molar refractivity (Wildman–Crippen MR) is 106 cm³/mol. The summed E-state index contributed by atoms with van der Waals surface area (Å²) in [6.45, 7) is 9.32. The Morgan fingerprint density at radius 1 is 1.15 bits per heavy atom. The van der Waals surface area contributed by atoms with Crippen LogP contribution in [0, 0.1) is 0 Å². The van der Waals surface area contributed by atoms with Gasteiger partial charge in [0.05, 0.1) is 18.2 Å². The maximum absolute atomic E-state index is 5.51. The van der Waals surface area contributed by atoms with E-state index in [9.17, 15) is 0 Å². The summed E-state index contributed by atoms with van der Waals surface area (Å²) < 4.78 is 5.51. The largest absolute Gasteiger partial charge is 0.379 e. The van der Waals surface area contributed by atoms with Crippen molar-refractivity contribution in [2.75, 3.05) is 37.7 Å². The first-order valence-corrected chi connectivity index (χ1v) is 10.8. The van der Waals surface area contributed by atoms with Crippen molar-refractivity contribution in [1.82, 2.24) is 19.9 Å². The second kappa shape index (κ2) is 8.15. The third-order valence-electron chi connectivity index (χ3n) is 5.80. The fraction of sp³-hybridized carbons (Fsp3) is 0.737. The molecule has 6 nitrogen and oxygen atoms in total. The summed E-state index contributed by atoms with van der Waals surface area (Å²) in [6, 6.07) is 1.28. The SMILES string of the molecule is CCc1nc2c(N(CC)C3CCC(N4CCOCC4)CC3)ncnc2s1. The van der Waals surface area contributed by atoms with Gasteiger partial charge in [0.2, 0.25) is 0 Å². The molecule has 1 saturated heterocycles. The number of hydrogen-bond donors (Lipinski definition) is 0. The number of fused-ring (bicyclic) bond motifs is 1. The van der Waals surface area contributed by atoms with Crippen LogP contribution < -0.4 is 4.90 Å². The second-order valence-corrected chi connectivity index (χ2v) is 8.27. The smallest absolute Gasteiger partial charge is 0.159 e. The van der Waals surface area contributed by atoms with Crippen LogP contribution in [0.3, 0.4) is 0 Å². The highest BCUT2D eigenvalue weighted by Crippen LogP contribution is 2.33. The van der Waals surface area contributed by atoms with Crippen molar-refractivity contribution in [3.63, 3.8) is 0 Å². The van der Waals surface area contributed by atoms with Crippen molar-refractivity contribution in [1.29, 1.82) is 0 Å². The van der Waals surface area contributed by atoms with Crippen molar-refractivity contribution in [3.05, 3.63) is 11.3 Å². The maximum atomic E-state index is 5.51. The highest BCUT2D eigenvalue weighted by atomic mass is 32.1. The van der Waals surface area contributed by atoms with Crippen LogP contribution in [0.25, 0.3) is 10.3 Å². The van der Waals surface area contributed by atoms with Crippen molar-refractivity contribution in [3.8, 4) is 0 Å². The highest BCUT2D eigenvalue weighted by Gasteiger charge is 2.30. The Labute approximate surface area is 159 Å². The summed E-state index contributed by atoms with van der Waals surface area (Å²) >= 11 is 1.70. The Morgan fingerprint density at radius 2 is 1.92 bits per heavy atom. The number of aromatic nitrogens is 3. The summed E-state index contributed by atoms with van der Waals surface area (Å²) in [5.41, 5.74) is 0.992. The van der Waals surface area contributed by atoms with E-state index in [0.717, 1.165) is 66.5 Å². The van der Waals surface area contributed by atoms with E-state index in [1.807, 2.05) is 0 Å². The summed E-state index contributed by atoms with van der Waals surface area (Å²) in [7, 11) is 0. The van der Waals surface area contributed by atoms with Gasteiger partial charge >= 0.3 is 0 Å². The van der Waals surface area contributed by atoms with Gasteiger partial charge in [0.15, 0.2) is 5.82 Å². The third kappa shape index (κ3) is 3.57. The number of aryl methyl sites for hydroxylation is 1. The summed E-state index contributed by atoms with van der Waals surface area (Å²) in [6.07, 6.45) is 7.66. The Hall–Kier alpha value is -1.31. The number of nitrogens with zero attached hydrogens (tertiary/aromatic N) is 5. The summed E-state index contributed by atoms with van der Waals surface area (Å²) in [4.78, 5) is 20.0. The molecule has 4 rings (SSSR count). The molecule has 1 aliphatic carbocycles. The van der Waals surface area contributed by atoms with Crippen molar-refractivity contribution in [2.45, 2.75) is 58.0 Å². The lowest BCUT2D eigenvalue weighted by atomic mass is 9.89. The Balaban J connectivity index is 1.49. The molecular formula is C19H29N5OS. The standard InChI is InChI=1S/C19H29N5OS/c1-3-16-22-17-18(20-13-21-19(17)26-16)24(4-2)15-7-5-14(6-8-15)23-9-11-25-12-10-23/h13-15H,3-12H2,1-2H3. The zero-order chi connectivity index (χ0) is 17.9. The lowest BCUT2D eigenvalue weighted by Crippen LogP contribution is -2.48. The zero-order valence-electron chi connectivity index (χ0n) is 15.9. The molecule has 0 amide bonds. The van der Waals surface area contributed by atoms with Crippen LogP contribution in [0.2, 0.25) is 0 Å². The van der Waals surface area contributed by atoms with Crippen molar-refractivity contribution >= 4 is 27.5 Å². The predicted octanol–water partition coefficient (Wildman–Crippen LogP) is 3.12.